The highest BCUT2D eigenvalue weighted by Crippen LogP contribution is 2.14. The summed E-state index contributed by atoms with van der Waals surface area (Å²) < 4.78 is 21.9. The van der Waals surface area contributed by atoms with Crippen LogP contribution in [-0.2, 0) is 10.0 Å². The predicted molar refractivity (Wildman–Crippen MR) is 53.2 cm³/mol. The van der Waals surface area contributed by atoms with Gasteiger partial charge in [-0.1, -0.05) is 0 Å². The van der Waals surface area contributed by atoms with Crippen molar-refractivity contribution in [2.45, 2.75) is 5.03 Å². The number of aromatic nitrogens is 3. The van der Waals surface area contributed by atoms with Crippen molar-refractivity contribution in [3.63, 3.8) is 0 Å². The van der Waals surface area contributed by atoms with E-state index in [0.29, 0.717) is 11.4 Å². The zero-order valence-corrected chi connectivity index (χ0v) is 8.40. The van der Waals surface area contributed by atoms with Crippen molar-refractivity contribution < 1.29 is 8.42 Å². The predicted octanol–water partition coefficient (Wildman–Crippen LogP) is 0.119. The first-order valence-corrected chi connectivity index (χ1v) is 5.60. The number of nitrogens with one attached hydrogen (secondary N) is 1. The maximum atomic E-state index is 11.0. The summed E-state index contributed by atoms with van der Waals surface area (Å²) in [6.45, 7) is 0. The number of imidazole rings is 1. The van der Waals surface area contributed by atoms with Crippen LogP contribution >= 0.6 is 0 Å². The molecule has 0 aliphatic rings. The van der Waals surface area contributed by atoms with Crippen LogP contribution in [0.3, 0.4) is 0 Å². The standard InChI is InChI=1S/C8H8N4O2S/c9-15(13,14)7-5-11-8(12-7)6-2-1-3-10-4-6/h1-5H,(H,11,12)(H2,9,13,14). The van der Waals surface area contributed by atoms with Crippen LogP contribution in [0.4, 0.5) is 0 Å². The van der Waals surface area contributed by atoms with Gasteiger partial charge in [0.1, 0.15) is 5.82 Å². The molecule has 2 aromatic heterocycles. The van der Waals surface area contributed by atoms with Gasteiger partial charge in [-0.25, -0.2) is 18.5 Å². The van der Waals surface area contributed by atoms with Crippen molar-refractivity contribution in [2.24, 2.45) is 5.14 Å². The summed E-state index contributed by atoms with van der Waals surface area (Å²) >= 11 is 0. The number of pyridine rings is 1. The van der Waals surface area contributed by atoms with Crippen LogP contribution < -0.4 is 5.14 Å². The Bertz CT molecular complexity index is 561. The smallest absolute Gasteiger partial charge is 0.255 e. The molecule has 0 saturated carbocycles. The van der Waals surface area contributed by atoms with Gasteiger partial charge in [0.2, 0.25) is 0 Å². The Morgan fingerprint density at radius 1 is 1.33 bits per heavy atom. The topological polar surface area (TPSA) is 102 Å². The molecule has 78 valence electrons. The van der Waals surface area contributed by atoms with E-state index in [4.69, 9.17) is 5.14 Å². The van der Waals surface area contributed by atoms with Gasteiger partial charge in [-0.15, -0.1) is 0 Å². The minimum absolute atomic E-state index is 0.110. The third-order valence-electron chi connectivity index (χ3n) is 1.79. The molecule has 0 amide bonds. The minimum atomic E-state index is -3.73. The lowest BCUT2D eigenvalue weighted by atomic mass is 10.3. The molecule has 7 heteroatoms. The second-order valence-electron chi connectivity index (χ2n) is 2.88. The van der Waals surface area contributed by atoms with E-state index in [1.807, 2.05) is 0 Å². The first kappa shape index (κ1) is 9.81. The number of aromatic amines is 1. The number of rotatable bonds is 2. The van der Waals surface area contributed by atoms with Crippen LogP contribution in [0.1, 0.15) is 0 Å². The number of nitrogens with two attached hydrogens (primary N) is 1. The van der Waals surface area contributed by atoms with Crippen LogP contribution in [0.2, 0.25) is 0 Å². The van der Waals surface area contributed by atoms with E-state index < -0.39 is 10.0 Å². The number of sulfonamides is 1. The van der Waals surface area contributed by atoms with Gasteiger partial charge in [0.25, 0.3) is 10.0 Å². The van der Waals surface area contributed by atoms with Crippen LogP contribution in [0.15, 0.2) is 35.7 Å². The largest absolute Gasteiger partial charge is 0.328 e. The Labute approximate surface area is 86.2 Å². The maximum Gasteiger partial charge on any atom is 0.255 e. The second-order valence-corrected chi connectivity index (χ2v) is 4.41. The molecule has 2 heterocycles. The first-order chi connectivity index (χ1) is 7.07. The molecular formula is C8H8N4O2S. The Balaban J connectivity index is 2.46. The summed E-state index contributed by atoms with van der Waals surface area (Å²) in [5.74, 6) is 0.423. The van der Waals surface area contributed by atoms with Crippen LogP contribution in [0.5, 0.6) is 0 Å². The highest BCUT2D eigenvalue weighted by molar-refractivity contribution is 7.89. The van der Waals surface area contributed by atoms with Crippen molar-refractivity contribution in [3.8, 4) is 11.4 Å². The van der Waals surface area contributed by atoms with Crippen molar-refractivity contribution in [2.75, 3.05) is 0 Å². The molecule has 0 aromatic carbocycles. The fourth-order valence-corrected chi connectivity index (χ4v) is 1.54. The molecule has 0 radical (unpaired) electrons. The van der Waals surface area contributed by atoms with Gasteiger partial charge >= 0.3 is 0 Å². The summed E-state index contributed by atoms with van der Waals surface area (Å²) in [6.07, 6.45) is 4.37. The van der Waals surface area contributed by atoms with Gasteiger partial charge in [0.15, 0.2) is 5.03 Å². The number of H-pyrrole nitrogens is 1. The molecule has 0 aliphatic heterocycles. The van der Waals surface area contributed by atoms with E-state index in [1.54, 1.807) is 24.5 Å². The van der Waals surface area contributed by atoms with Crippen molar-refractivity contribution >= 4 is 10.0 Å². The molecule has 2 rings (SSSR count). The van der Waals surface area contributed by atoms with Crippen LogP contribution in [0, 0.1) is 0 Å². The summed E-state index contributed by atoms with van der Waals surface area (Å²) in [5.41, 5.74) is 0.701. The van der Waals surface area contributed by atoms with E-state index in [9.17, 15) is 8.42 Å². The highest BCUT2D eigenvalue weighted by atomic mass is 32.2. The molecule has 0 atom stereocenters. The van der Waals surface area contributed by atoms with Gasteiger partial charge in [0.05, 0.1) is 6.20 Å². The zero-order valence-electron chi connectivity index (χ0n) is 7.58. The zero-order chi connectivity index (χ0) is 10.9. The first-order valence-electron chi connectivity index (χ1n) is 4.05. The molecular weight excluding hydrogens is 216 g/mol. The van der Waals surface area contributed by atoms with Crippen molar-refractivity contribution in [3.05, 3.63) is 30.7 Å². The highest BCUT2D eigenvalue weighted by Gasteiger charge is 2.12. The normalized spacial score (nSPS) is 11.5. The average Bonchev–Trinajstić information content (AvgIpc) is 2.67. The van der Waals surface area contributed by atoms with E-state index in [2.05, 4.69) is 15.0 Å². The van der Waals surface area contributed by atoms with E-state index in [-0.39, 0.29) is 5.03 Å². The Morgan fingerprint density at radius 3 is 2.67 bits per heavy atom. The monoisotopic (exact) mass is 224 g/mol. The van der Waals surface area contributed by atoms with E-state index in [1.165, 1.54) is 6.20 Å². The lowest BCUT2D eigenvalue weighted by molar-refractivity contribution is 0.595. The molecule has 6 nitrogen and oxygen atoms in total. The third-order valence-corrected chi connectivity index (χ3v) is 2.61. The number of primary sulfonamides is 1. The van der Waals surface area contributed by atoms with Gasteiger partial charge in [-0.3, -0.25) is 4.98 Å². The quantitative estimate of drug-likeness (QED) is 0.756. The Kier molecular flexibility index (Phi) is 2.25. The Morgan fingerprint density at radius 2 is 2.13 bits per heavy atom. The molecule has 0 bridgehead atoms. The summed E-state index contributed by atoms with van der Waals surface area (Å²) in [4.78, 5) is 10.4. The second kappa shape index (κ2) is 3.44. The number of hydrogen-bond acceptors (Lipinski definition) is 4. The minimum Gasteiger partial charge on any atom is -0.328 e. The molecule has 0 unspecified atom stereocenters. The summed E-state index contributed by atoms with van der Waals surface area (Å²) in [6, 6.07) is 3.49. The van der Waals surface area contributed by atoms with Crippen molar-refractivity contribution in [1.82, 2.24) is 15.0 Å². The lowest BCUT2D eigenvalue weighted by Crippen LogP contribution is -2.12. The summed E-state index contributed by atoms with van der Waals surface area (Å²) in [7, 11) is -3.73. The van der Waals surface area contributed by atoms with Gasteiger partial charge in [-0.2, -0.15) is 0 Å². The third kappa shape index (κ3) is 2.03. The van der Waals surface area contributed by atoms with Crippen LogP contribution in [-0.4, -0.2) is 23.4 Å². The van der Waals surface area contributed by atoms with E-state index >= 15 is 0 Å². The van der Waals surface area contributed by atoms with Crippen molar-refractivity contribution in [1.29, 1.82) is 0 Å². The van der Waals surface area contributed by atoms with Gasteiger partial charge < -0.3 is 4.98 Å². The fraction of sp³-hybridized carbons (Fsp3) is 0. The molecule has 0 aliphatic carbocycles. The SMILES string of the molecule is NS(=O)(=O)c1cnc(-c2cccnc2)[nH]1. The average molecular weight is 224 g/mol. The van der Waals surface area contributed by atoms with Gasteiger partial charge in [-0.05, 0) is 12.1 Å². The molecule has 0 saturated heterocycles. The Hall–Kier alpha value is -1.73. The van der Waals surface area contributed by atoms with E-state index in [0.717, 1.165) is 0 Å². The number of hydrogen-bond donors (Lipinski definition) is 2. The molecule has 0 fully saturated rings. The molecule has 2 aromatic rings. The molecule has 3 N–H and O–H groups in total. The molecule has 0 spiro atoms. The van der Waals surface area contributed by atoms with Gasteiger partial charge in [0, 0.05) is 18.0 Å². The lowest BCUT2D eigenvalue weighted by Gasteiger charge is -1.94. The fourth-order valence-electron chi connectivity index (χ4n) is 1.10. The maximum absolute atomic E-state index is 11.0. The summed E-state index contributed by atoms with van der Waals surface area (Å²) in [5, 5.41) is 4.82. The van der Waals surface area contributed by atoms with Crippen LogP contribution in [0.25, 0.3) is 11.4 Å². The molecule has 15 heavy (non-hydrogen) atoms. The number of nitrogens with zero attached hydrogens (tertiary/aromatic N) is 2.